The minimum Gasteiger partial charge on any atom is -0.338 e. The van der Waals surface area contributed by atoms with Crippen LogP contribution < -0.4 is 0 Å². The Bertz CT molecular complexity index is 1430. The minimum atomic E-state index is 0.112. The van der Waals surface area contributed by atoms with E-state index >= 15 is 0 Å². The van der Waals surface area contributed by atoms with Crippen LogP contribution in [0.2, 0.25) is 0 Å². The van der Waals surface area contributed by atoms with Gasteiger partial charge in [-0.05, 0) is 77.4 Å². The van der Waals surface area contributed by atoms with E-state index in [1.54, 1.807) is 21.6 Å². The third kappa shape index (κ3) is 7.80. The molecule has 0 N–H and O–H groups in total. The number of carbonyl (C=O) groups is 2. The molecule has 0 fully saturated rings. The number of pyridine rings is 2. The summed E-state index contributed by atoms with van der Waals surface area (Å²) in [6.07, 6.45) is 3.64. The maximum Gasteiger partial charge on any atom is 0.237 e. The molecule has 2 aromatic carbocycles. The van der Waals surface area contributed by atoms with Gasteiger partial charge in [-0.1, -0.05) is 45.9 Å². The molecule has 0 bridgehead atoms. The smallest absolute Gasteiger partial charge is 0.237 e. The second-order valence-electron chi connectivity index (χ2n) is 10.7. The van der Waals surface area contributed by atoms with Crippen molar-refractivity contribution < 1.29 is 9.59 Å². The number of amides is 2. The van der Waals surface area contributed by atoms with Gasteiger partial charge < -0.3 is 19.6 Å². The van der Waals surface area contributed by atoms with Crippen LogP contribution in [0.15, 0.2) is 70.7 Å². The summed E-state index contributed by atoms with van der Waals surface area (Å²) in [4.78, 5) is 44.7. The van der Waals surface area contributed by atoms with E-state index in [1.807, 2.05) is 86.2 Å². The molecule has 4 aromatic rings. The van der Waals surface area contributed by atoms with E-state index < -0.39 is 0 Å². The van der Waals surface area contributed by atoms with Gasteiger partial charge >= 0.3 is 0 Å². The molecule has 0 saturated heterocycles. The number of carbonyl (C=O) groups excluding carboxylic acids is 2. The van der Waals surface area contributed by atoms with E-state index in [4.69, 9.17) is 9.97 Å². The van der Waals surface area contributed by atoms with Crippen LogP contribution in [0.5, 0.6) is 0 Å². The number of aromatic nitrogens is 2. The van der Waals surface area contributed by atoms with Crippen molar-refractivity contribution in [3.8, 4) is 0 Å². The minimum absolute atomic E-state index is 0.112. The number of nitrogens with zero attached hydrogens (tertiary/aromatic N) is 6. The van der Waals surface area contributed by atoms with E-state index in [0.29, 0.717) is 39.3 Å². The van der Waals surface area contributed by atoms with Gasteiger partial charge in [-0.15, -0.1) is 0 Å². The Hall–Kier alpha value is -3.18. The van der Waals surface area contributed by atoms with Crippen molar-refractivity contribution in [3.05, 3.63) is 72.1 Å². The number of rotatable bonds is 13. The van der Waals surface area contributed by atoms with Gasteiger partial charge in [0.25, 0.3) is 0 Å². The van der Waals surface area contributed by atoms with E-state index in [1.165, 1.54) is 0 Å². The fourth-order valence-electron chi connectivity index (χ4n) is 4.82. The first-order valence-corrected chi connectivity index (χ1v) is 16.3. The summed E-state index contributed by atoms with van der Waals surface area (Å²) in [7, 11) is 11.0. The van der Waals surface area contributed by atoms with Gasteiger partial charge in [0.05, 0.1) is 24.1 Å². The van der Waals surface area contributed by atoms with Crippen molar-refractivity contribution in [1.29, 1.82) is 0 Å². The van der Waals surface area contributed by atoms with Gasteiger partial charge in [-0.25, -0.2) is 0 Å². The Morgan fingerprint density at radius 1 is 0.643 bits per heavy atom. The second kappa shape index (κ2) is 14.8. The lowest BCUT2D eigenvalue weighted by atomic mass is 10.1. The molecule has 0 aliphatic carbocycles. The molecule has 0 unspecified atom stereocenters. The summed E-state index contributed by atoms with van der Waals surface area (Å²) >= 11 is 0. The number of hydrogen-bond acceptors (Lipinski definition) is 8. The van der Waals surface area contributed by atoms with Gasteiger partial charge in [0.15, 0.2) is 0 Å². The van der Waals surface area contributed by atoms with Gasteiger partial charge in [-0.3, -0.25) is 19.6 Å². The van der Waals surface area contributed by atoms with Crippen molar-refractivity contribution in [2.24, 2.45) is 0 Å². The van der Waals surface area contributed by atoms with E-state index in [9.17, 15) is 9.59 Å². The van der Waals surface area contributed by atoms with Crippen molar-refractivity contribution in [2.45, 2.75) is 36.7 Å². The van der Waals surface area contributed by atoms with E-state index in [0.717, 1.165) is 42.7 Å². The van der Waals surface area contributed by atoms with Gasteiger partial charge in [0.2, 0.25) is 11.8 Å². The van der Waals surface area contributed by atoms with Gasteiger partial charge in [0.1, 0.15) is 0 Å². The summed E-state index contributed by atoms with van der Waals surface area (Å²) < 4.78 is 0. The predicted molar refractivity (Wildman–Crippen MR) is 174 cm³/mol. The molecule has 2 heterocycles. The highest BCUT2D eigenvalue weighted by molar-refractivity contribution is 8.76. The molecular weight excluding hydrogens is 565 g/mol. The monoisotopic (exact) mass is 604 g/mol. The predicted octanol–water partition coefficient (Wildman–Crippen LogP) is 5.40. The van der Waals surface area contributed by atoms with Crippen molar-refractivity contribution in [3.63, 3.8) is 0 Å². The Labute approximate surface area is 256 Å². The summed E-state index contributed by atoms with van der Waals surface area (Å²) in [6, 6.07) is 16.5. The molecular formula is C32H40N6O2S2. The third-order valence-corrected chi connectivity index (χ3v) is 9.39. The molecule has 42 heavy (non-hydrogen) atoms. The molecule has 4 rings (SSSR count). The zero-order valence-electron chi connectivity index (χ0n) is 25.3. The maximum absolute atomic E-state index is 12.8. The van der Waals surface area contributed by atoms with Crippen LogP contribution in [0.1, 0.15) is 25.0 Å². The van der Waals surface area contributed by atoms with Gasteiger partial charge in [0, 0.05) is 59.1 Å². The summed E-state index contributed by atoms with van der Waals surface area (Å²) in [5, 5.41) is 2.11. The normalized spacial score (nSPS) is 11.5. The first-order chi connectivity index (χ1) is 20.2. The van der Waals surface area contributed by atoms with Crippen molar-refractivity contribution in [2.75, 3.05) is 54.4 Å². The molecule has 2 aromatic heterocycles. The lowest BCUT2D eigenvalue weighted by molar-refractivity contribution is -0.133. The molecule has 0 spiro atoms. The first kappa shape index (κ1) is 31.7. The highest BCUT2D eigenvalue weighted by atomic mass is 33.1. The fraction of sp³-hybridized carbons (Fsp3) is 0.375. The quantitative estimate of drug-likeness (QED) is 0.188. The van der Waals surface area contributed by atoms with E-state index in [2.05, 4.69) is 36.4 Å². The largest absolute Gasteiger partial charge is 0.338 e. The lowest BCUT2D eigenvalue weighted by Gasteiger charge is -2.24. The molecule has 0 aliphatic heterocycles. The summed E-state index contributed by atoms with van der Waals surface area (Å²) in [5.41, 5.74) is 4.02. The van der Waals surface area contributed by atoms with Crippen molar-refractivity contribution in [1.82, 2.24) is 29.6 Å². The summed E-state index contributed by atoms with van der Waals surface area (Å²) in [6.45, 7) is 7.19. The molecule has 8 nitrogen and oxygen atoms in total. The Morgan fingerprint density at radius 2 is 1.05 bits per heavy atom. The Balaban J connectivity index is 1.57. The Kier molecular flexibility index (Phi) is 11.2. The SMILES string of the molecule is CCN(Cc1ccc(SSc2ccc(CN(CC)C(=O)CN(C)C)c3cccnc23)c2ncccc12)C(=O)CN(C)C. The molecule has 0 radical (unpaired) electrons. The third-order valence-electron chi connectivity index (χ3n) is 6.96. The van der Waals surface area contributed by atoms with Crippen molar-refractivity contribution >= 4 is 55.2 Å². The first-order valence-electron chi connectivity index (χ1n) is 14.1. The highest BCUT2D eigenvalue weighted by Crippen LogP contribution is 2.43. The zero-order valence-corrected chi connectivity index (χ0v) is 27.0. The van der Waals surface area contributed by atoms with E-state index in [-0.39, 0.29) is 11.8 Å². The van der Waals surface area contributed by atoms with Crippen LogP contribution in [0.25, 0.3) is 21.8 Å². The average Bonchev–Trinajstić information content (AvgIpc) is 2.97. The Morgan fingerprint density at radius 3 is 1.40 bits per heavy atom. The summed E-state index contributed by atoms with van der Waals surface area (Å²) in [5.74, 6) is 0.223. The zero-order chi connectivity index (χ0) is 30.2. The van der Waals surface area contributed by atoms with Crippen LogP contribution in [0.3, 0.4) is 0 Å². The molecule has 0 atom stereocenters. The van der Waals surface area contributed by atoms with Crippen LogP contribution in [-0.2, 0) is 22.7 Å². The maximum atomic E-state index is 12.8. The standard InChI is InChI=1S/C32H40N6O2S2/c1-7-37(29(39)21-35(3)4)19-23-13-15-27(31-25(23)11-9-17-33-31)41-42-28-16-14-24(26-12-10-18-34-32(26)28)20-38(8-2)30(40)22-36(5)6/h9-18H,7-8,19-22H2,1-6H3. The van der Waals surface area contributed by atoms with Crippen LogP contribution in [0.4, 0.5) is 0 Å². The van der Waals surface area contributed by atoms with Crippen LogP contribution >= 0.6 is 21.6 Å². The number of likely N-dealkylation sites (N-methyl/N-ethyl adjacent to an activating group) is 4. The molecule has 2 amide bonds. The lowest BCUT2D eigenvalue weighted by Crippen LogP contribution is -2.37. The average molecular weight is 605 g/mol. The molecule has 222 valence electrons. The molecule has 0 aliphatic rings. The topological polar surface area (TPSA) is 72.9 Å². The molecule has 10 heteroatoms. The van der Waals surface area contributed by atoms with Crippen LogP contribution in [-0.4, -0.2) is 95.8 Å². The number of benzene rings is 2. The van der Waals surface area contributed by atoms with Crippen LogP contribution in [0, 0.1) is 0 Å². The second-order valence-corrected chi connectivity index (χ2v) is 12.9. The fourth-order valence-corrected chi connectivity index (χ4v) is 7.07. The number of fused-ring (bicyclic) bond motifs is 2. The number of hydrogen-bond donors (Lipinski definition) is 0. The molecule has 0 saturated carbocycles. The van der Waals surface area contributed by atoms with Gasteiger partial charge in [-0.2, -0.15) is 0 Å². The highest BCUT2D eigenvalue weighted by Gasteiger charge is 2.18.